The summed E-state index contributed by atoms with van der Waals surface area (Å²) in [7, 11) is 0. The van der Waals surface area contributed by atoms with Crippen LogP contribution in [0.4, 0.5) is 4.39 Å². The molecule has 2 aromatic rings. The van der Waals surface area contributed by atoms with Crippen LogP contribution in [0.15, 0.2) is 30.6 Å². The van der Waals surface area contributed by atoms with Crippen LogP contribution in [0.25, 0.3) is 5.69 Å². The zero-order valence-electron chi connectivity index (χ0n) is 7.62. The molecule has 0 unspecified atom stereocenters. The number of nitrogens with zero attached hydrogens (tertiary/aromatic N) is 2. The van der Waals surface area contributed by atoms with Crippen molar-refractivity contribution < 1.29 is 4.39 Å². The zero-order valence-corrected chi connectivity index (χ0v) is 9.96. The second-order valence-electron chi connectivity index (χ2n) is 2.98. The summed E-state index contributed by atoms with van der Waals surface area (Å²) in [6.45, 7) is 0. The maximum absolute atomic E-state index is 13.6. The Morgan fingerprint density at radius 1 is 1.47 bits per heavy atom. The third kappa shape index (κ3) is 2.06. The van der Waals surface area contributed by atoms with Crippen LogP contribution in [0.2, 0.25) is 5.02 Å². The number of hydrogen-bond donors (Lipinski definition) is 0. The fourth-order valence-corrected chi connectivity index (χ4v) is 1.94. The minimum atomic E-state index is -0.313. The molecular weight excluding hydrogens is 282 g/mol. The van der Waals surface area contributed by atoms with Crippen LogP contribution in [0.1, 0.15) is 5.56 Å². The lowest BCUT2D eigenvalue weighted by Gasteiger charge is -2.07. The first kappa shape index (κ1) is 10.6. The number of benzene rings is 1. The molecule has 1 heterocycles. The molecule has 0 aliphatic heterocycles. The summed E-state index contributed by atoms with van der Waals surface area (Å²) in [5.74, 6) is -0.313. The van der Waals surface area contributed by atoms with E-state index in [1.54, 1.807) is 12.3 Å². The number of aromatic nitrogens is 2. The molecule has 0 bridgehead atoms. The quantitative estimate of drug-likeness (QED) is 0.773. The number of para-hydroxylation sites is 1. The average Bonchev–Trinajstić information content (AvgIpc) is 2.64. The van der Waals surface area contributed by atoms with Crippen molar-refractivity contribution in [3.63, 3.8) is 0 Å². The normalized spacial score (nSPS) is 10.6. The molecule has 0 N–H and O–H groups in total. The van der Waals surface area contributed by atoms with E-state index in [0.717, 1.165) is 5.56 Å². The SMILES string of the molecule is Fc1cccc(CBr)c1-n1cc(Cl)cn1. The average molecular weight is 290 g/mol. The van der Waals surface area contributed by atoms with Gasteiger partial charge in [0, 0.05) is 11.5 Å². The molecule has 0 atom stereocenters. The molecule has 15 heavy (non-hydrogen) atoms. The molecule has 5 heteroatoms. The molecule has 0 saturated heterocycles. The van der Waals surface area contributed by atoms with Crippen molar-refractivity contribution >= 4 is 27.5 Å². The third-order valence-corrected chi connectivity index (χ3v) is 2.79. The first-order valence-electron chi connectivity index (χ1n) is 4.26. The summed E-state index contributed by atoms with van der Waals surface area (Å²) in [6, 6.07) is 4.90. The lowest BCUT2D eigenvalue weighted by molar-refractivity contribution is 0.609. The van der Waals surface area contributed by atoms with Gasteiger partial charge in [0.15, 0.2) is 0 Å². The first-order chi connectivity index (χ1) is 7.22. The predicted molar refractivity (Wildman–Crippen MR) is 61.2 cm³/mol. The van der Waals surface area contributed by atoms with Crippen molar-refractivity contribution in [1.82, 2.24) is 9.78 Å². The van der Waals surface area contributed by atoms with Gasteiger partial charge in [-0.3, -0.25) is 0 Å². The molecule has 1 aromatic carbocycles. The smallest absolute Gasteiger partial charge is 0.149 e. The van der Waals surface area contributed by atoms with Gasteiger partial charge in [0.2, 0.25) is 0 Å². The monoisotopic (exact) mass is 288 g/mol. The molecule has 1 aromatic heterocycles. The van der Waals surface area contributed by atoms with Crippen LogP contribution in [-0.4, -0.2) is 9.78 Å². The maximum Gasteiger partial charge on any atom is 0.149 e. The number of hydrogen-bond acceptors (Lipinski definition) is 1. The first-order valence-corrected chi connectivity index (χ1v) is 5.76. The highest BCUT2D eigenvalue weighted by Crippen LogP contribution is 2.21. The van der Waals surface area contributed by atoms with Gasteiger partial charge in [0.1, 0.15) is 11.5 Å². The number of alkyl halides is 1. The molecule has 2 nitrogen and oxygen atoms in total. The van der Waals surface area contributed by atoms with Crippen LogP contribution in [0, 0.1) is 5.82 Å². The molecule has 0 saturated carbocycles. The number of halogens is 3. The third-order valence-electron chi connectivity index (χ3n) is 1.99. The molecular formula is C10H7BrClFN2. The Kier molecular flexibility index (Phi) is 3.07. The summed E-state index contributed by atoms with van der Waals surface area (Å²) < 4.78 is 15.0. The fraction of sp³-hybridized carbons (Fsp3) is 0.100. The van der Waals surface area contributed by atoms with Crippen molar-refractivity contribution in [2.45, 2.75) is 5.33 Å². The lowest BCUT2D eigenvalue weighted by Crippen LogP contribution is -2.02. The lowest BCUT2D eigenvalue weighted by atomic mass is 10.2. The van der Waals surface area contributed by atoms with Gasteiger partial charge >= 0.3 is 0 Å². The van der Waals surface area contributed by atoms with Crippen molar-refractivity contribution in [2.24, 2.45) is 0 Å². The molecule has 0 aliphatic rings. The van der Waals surface area contributed by atoms with Gasteiger partial charge in [-0.1, -0.05) is 39.7 Å². The summed E-state index contributed by atoms with van der Waals surface area (Å²) in [6.07, 6.45) is 3.05. The van der Waals surface area contributed by atoms with Crippen LogP contribution in [-0.2, 0) is 5.33 Å². The Bertz CT molecular complexity index is 484. The minimum absolute atomic E-state index is 0.313. The van der Waals surface area contributed by atoms with E-state index in [1.807, 2.05) is 6.07 Å². The maximum atomic E-state index is 13.6. The van der Waals surface area contributed by atoms with Gasteiger partial charge in [-0.2, -0.15) is 5.10 Å². The van der Waals surface area contributed by atoms with Gasteiger partial charge in [-0.15, -0.1) is 0 Å². The van der Waals surface area contributed by atoms with Crippen LogP contribution >= 0.6 is 27.5 Å². The largest absolute Gasteiger partial charge is 0.236 e. The molecule has 0 fully saturated rings. The topological polar surface area (TPSA) is 17.8 Å². The molecule has 78 valence electrons. The summed E-state index contributed by atoms with van der Waals surface area (Å²) in [5.41, 5.74) is 1.26. The van der Waals surface area contributed by atoms with Gasteiger partial charge in [-0.05, 0) is 11.6 Å². The van der Waals surface area contributed by atoms with E-state index >= 15 is 0 Å². The van der Waals surface area contributed by atoms with Gasteiger partial charge in [0.05, 0.1) is 11.2 Å². The Morgan fingerprint density at radius 2 is 2.27 bits per heavy atom. The van der Waals surface area contributed by atoms with E-state index in [0.29, 0.717) is 16.0 Å². The molecule has 0 amide bonds. The van der Waals surface area contributed by atoms with Crippen LogP contribution in [0.5, 0.6) is 0 Å². The standard InChI is InChI=1S/C10H7BrClFN2/c11-4-7-2-1-3-9(13)10(7)15-6-8(12)5-14-15/h1-3,5-6H,4H2. The van der Waals surface area contributed by atoms with E-state index < -0.39 is 0 Å². The van der Waals surface area contributed by atoms with Crippen molar-refractivity contribution in [1.29, 1.82) is 0 Å². The highest BCUT2D eigenvalue weighted by Gasteiger charge is 2.10. The highest BCUT2D eigenvalue weighted by molar-refractivity contribution is 9.08. The van der Waals surface area contributed by atoms with E-state index in [2.05, 4.69) is 21.0 Å². The molecule has 0 aliphatic carbocycles. The molecule has 0 radical (unpaired) electrons. The van der Waals surface area contributed by atoms with Crippen LogP contribution in [0.3, 0.4) is 0 Å². The zero-order chi connectivity index (χ0) is 10.8. The van der Waals surface area contributed by atoms with Gasteiger partial charge in [-0.25, -0.2) is 9.07 Å². The summed E-state index contributed by atoms with van der Waals surface area (Å²) in [5, 5.41) is 5.03. The predicted octanol–water partition coefficient (Wildman–Crippen LogP) is 3.56. The van der Waals surface area contributed by atoms with E-state index in [1.165, 1.54) is 16.9 Å². The Hall–Kier alpha value is -0.870. The summed E-state index contributed by atoms with van der Waals surface area (Å²) in [4.78, 5) is 0. The molecule has 0 spiro atoms. The second-order valence-corrected chi connectivity index (χ2v) is 3.98. The van der Waals surface area contributed by atoms with Gasteiger partial charge in [0.25, 0.3) is 0 Å². The van der Waals surface area contributed by atoms with E-state index in [4.69, 9.17) is 11.6 Å². The van der Waals surface area contributed by atoms with Gasteiger partial charge < -0.3 is 0 Å². The molecule has 2 rings (SSSR count). The Balaban J connectivity index is 2.60. The van der Waals surface area contributed by atoms with E-state index in [-0.39, 0.29) is 5.82 Å². The Labute approximate surface area is 99.8 Å². The van der Waals surface area contributed by atoms with E-state index in [9.17, 15) is 4.39 Å². The van der Waals surface area contributed by atoms with Crippen molar-refractivity contribution in [3.05, 3.63) is 47.0 Å². The minimum Gasteiger partial charge on any atom is -0.236 e. The van der Waals surface area contributed by atoms with Crippen molar-refractivity contribution in [3.8, 4) is 5.69 Å². The summed E-state index contributed by atoms with van der Waals surface area (Å²) >= 11 is 9.05. The number of rotatable bonds is 2. The second kappa shape index (κ2) is 4.33. The van der Waals surface area contributed by atoms with Crippen LogP contribution < -0.4 is 0 Å². The van der Waals surface area contributed by atoms with Crippen molar-refractivity contribution in [2.75, 3.05) is 0 Å². The fourth-order valence-electron chi connectivity index (χ4n) is 1.35. The Morgan fingerprint density at radius 3 is 2.87 bits per heavy atom. The highest BCUT2D eigenvalue weighted by atomic mass is 79.9.